The molecule has 0 fully saturated rings. The highest BCUT2D eigenvalue weighted by molar-refractivity contribution is 9.10. The molecule has 1 atom stereocenters. The standard InChI is InChI=1S/C15H15BrClNO/c1-10(18-2)11-3-6-13(7-4-11)19-15-8-5-12(17)9-14(15)16/h3-10,18H,1-2H3. The summed E-state index contributed by atoms with van der Waals surface area (Å²) in [6.07, 6.45) is 0. The van der Waals surface area contributed by atoms with Crippen molar-refractivity contribution < 1.29 is 4.74 Å². The molecule has 0 aliphatic rings. The van der Waals surface area contributed by atoms with Crippen molar-refractivity contribution in [3.05, 3.63) is 57.5 Å². The van der Waals surface area contributed by atoms with Gasteiger partial charge < -0.3 is 10.1 Å². The second kappa shape index (κ2) is 6.42. The van der Waals surface area contributed by atoms with E-state index in [9.17, 15) is 0 Å². The van der Waals surface area contributed by atoms with Gasteiger partial charge in [-0.05, 0) is 65.8 Å². The van der Waals surface area contributed by atoms with Crippen LogP contribution in [0.1, 0.15) is 18.5 Å². The topological polar surface area (TPSA) is 21.3 Å². The molecule has 100 valence electrons. The van der Waals surface area contributed by atoms with Crippen LogP contribution in [-0.2, 0) is 0 Å². The molecule has 0 saturated carbocycles. The predicted molar refractivity (Wildman–Crippen MR) is 83.1 cm³/mol. The molecule has 0 aliphatic heterocycles. The first-order chi connectivity index (χ1) is 9.10. The lowest BCUT2D eigenvalue weighted by Crippen LogP contribution is -2.11. The number of rotatable bonds is 4. The van der Waals surface area contributed by atoms with Crippen molar-refractivity contribution in [3.63, 3.8) is 0 Å². The lowest BCUT2D eigenvalue weighted by Gasteiger charge is -2.12. The average molecular weight is 341 g/mol. The molecule has 2 nitrogen and oxygen atoms in total. The molecule has 2 rings (SSSR count). The monoisotopic (exact) mass is 339 g/mol. The van der Waals surface area contributed by atoms with Crippen molar-refractivity contribution in [1.82, 2.24) is 5.32 Å². The van der Waals surface area contributed by atoms with Crippen molar-refractivity contribution in [2.24, 2.45) is 0 Å². The van der Waals surface area contributed by atoms with E-state index in [0.29, 0.717) is 11.1 Å². The first-order valence-corrected chi connectivity index (χ1v) is 7.17. The van der Waals surface area contributed by atoms with Crippen molar-refractivity contribution in [2.45, 2.75) is 13.0 Å². The van der Waals surface area contributed by atoms with Crippen LogP contribution in [0.3, 0.4) is 0 Å². The second-order valence-electron chi connectivity index (χ2n) is 4.26. The minimum atomic E-state index is 0.330. The van der Waals surface area contributed by atoms with Crippen molar-refractivity contribution >= 4 is 27.5 Å². The van der Waals surface area contributed by atoms with Gasteiger partial charge in [-0.1, -0.05) is 23.7 Å². The van der Waals surface area contributed by atoms with Gasteiger partial charge in [-0.3, -0.25) is 0 Å². The average Bonchev–Trinajstić information content (AvgIpc) is 2.42. The van der Waals surface area contributed by atoms with Gasteiger partial charge in [0.25, 0.3) is 0 Å². The Balaban J connectivity index is 2.15. The zero-order valence-electron chi connectivity index (χ0n) is 10.8. The Labute approximate surface area is 126 Å². The lowest BCUT2D eigenvalue weighted by atomic mass is 10.1. The molecule has 0 amide bonds. The summed E-state index contributed by atoms with van der Waals surface area (Å²) in [6.45, 7) is 2.12. The molecule has 0 bridgehead atoms. The van der Waals surface area contributed by atoms with E-state index in [4.69, 9.17) is 16.3 Å². The molecule has 1 unspecified atom stereocenters. The Kier molecular flexibility index (Phi) is 4.86. The Morgan fingerprint density at radius 1 is 1.16 bits per heavy atom. The van der Waals surface area contributed by atoms with Gasteiger partial charge in [-0.25, -0.2) is 0 Å². The fourth-order valence-electron chi connectivity index (χ4n) is 1.68. The summed E-state index contributed by atoms with van der Waals surface area (Å²) < 4.78 is 6.65. The lowest BCUT2D eigenvalue weighted by molar-refractivity contribution is 0.479. The van der Waals surface area contributed by atoms with Crippen LogP contribution in [0.2, 0.25) is 5.02 Å². The van der Waals surface area contributed by atoms with Crippen molar-refractivity contribution in [2.75, 3.05) is 7.05 Å². The van der Waals surface area contributed by atoms with E-state index >= 15 is 0 Å². The van der Waals surface area contributed by atoms with Crippen LogP contribution < -0.4 is 10.1 Å². The molecule has 0 radical (unpaired) electrons. The molecule has 2 aromatic rings. The van der Waals surface area contributed by atoms with E-state index in [2.05, 4.69) is 40.3 Å². The highest BCUT2D eigenvalue weighted by Crippen LogP contribution is 2.32. The van der Waals surface area contributed by atoms with Crippen LogP contribution >= 0.6 is 27.5 Å². The first kappa shape index (κ1) is 14.4. The Hall–Kier alpha value is -1.03. The van der Waals surface area contributed by atoms with Gasteiger partial charge in [0.15, 0.2) is 0 Å². The normalized spacial score (nSPS) is 12.2. The van der Waals surface area contributed by atoms with E-state index in [0.717, 1.165) is 16.0 Å². The van der Waals surface area contributed by atoms with Gasteiger partial charge in [-0.15, -0.1) is 0 Å². The van der Waals surface area contributed by atoms with E-state index < -0.39 is 0 Å². The molecule has 1 N–H and O–H groups in total. The number of hydrogen-bond acceptors (Lipinski definition) is 2. The Bertz CT molecular complexity index is 557. The fourth-order valence-corrected chi connectivity index (χ4v) is 2.44. The van der Waals surface area contributed by atoms with Gasteiger partial charge >= 0.3 is 0 Å². The minimum Gasteiger partial charge on any atom is -0.456 e. The molecular weight excluding hydrogens is 326 g/mol. The minimum absolute atomic E-state index is 0.330. The van der Waals surface area contributed by atoms with Crippen LogP contribution in [0.5, 0.6) is 11.5 Å². The molecule has 0 saturated heterocycles. The van der Waals surface area contributed by atoms with Gasteiger partial charge in [0.05, 0.1) is 4.47 Å². The van der Waals surface area contributed by atoms with E-state index in [1.165, 1.54) is 5.56 Å². The number of benzene rings is 2. The molecule has 4 heteroatoms. The van der Waals surface area contributed by atoms with Crippen molar-refractivity contribution in [1.29, 1.82) is 0 Å². The maximum atomic E-state index is 5.90. The quantitative estimate of drug-likeness (QED) is 0.828. The molecule has 0 aromatic heterocycles. The maximum absolute atomic E-state index is 5.90. The Morgan fingerprint density at radius 3 is 2.42 bits per heavy atom. The van der Waals surface area contributed by atoms with Crippen LogP contribution in [0.25, 0.3) is 0 Å². The van der Waals surface area contributed by atoms with Crippen LogP contribution in [0.15, 0.2) is 46.9 Å². The molecule has 0 spiro atoms. The van der Waals surface area contributed by atoms with Crippen LogP contribution in [-0.4, -0.2) is 7.05 Å². The molecule has 0 aliphatic carbocycles. The summed E-state index contributed by atoms with van der Waals surface area (Å²) in [5, 5.41) is 3.88. The maximum Gasteiger partial charge on any atom is 0.141 e. The Morgan fingerprint density at radius 2 is 1.84 bits per heavy atom. The summed E-state index contributed by atoms with van der Waals surface area (Å²) in [6, 6.07) is 13.8. The smallest absolute Gasteiger partial charge is 0.141 e. The SMILES string of the molecule is CNC(C)c1ccc(Oc2ccc(Cl)cc2Br)cc1. The van der Waals surface area contributed by atoms with E-state index in [1.807, 2.05) is 31.3 Å². The summed E-state index contributed by atoms with van der Waals surface area (Å²) in [5.74, 6) is 1.55. The molecule has 0 heterocycles. The highest BCUT2D eigenvalue weighted by Gasteiger charge is 2.05. The summed E-state index contributed by atoms with van der Waals surface area (Å²) in [4.78, 5) is 0. The summed E-state index contributed by atoms with van der Waals surface area (Å²) in [5.41, 5.74) is 1.23. The van der Waals surface area contributed by atoms with Gasteiger partial charge in [0.2, 0.25) is 0 Å². The third kappa shape index (κ3) is 3.72. The van der Waals surface area contributed by atoms with E-state index in [-0.39, 0.29) is 0 Å². The van der Waals surface area contributed by atoms with Gasteiger partial charge in [-0.2, -0.15) is 0 Å². The van der Waals surface area contributed by atoms with Crippen LogP contribution in [0, 0.1) is 0 Å². The van der Waals surface area contributed by atoms with Crippen molar-refractivity contribution in [3.8, 4) is 11.5 Å². The number of nitrogens with one attached hydrogen (secondary N) is 1. The van der Waals surface area contributed by atoms with Gasteiger partial charge in [0.1, 0.15) is 11.5 Å². The van der Waals surface area contributed by atoms with Gasteiger partial charge in [0, 0.05) is 11.1 Å². The zero-order valence-corrected chi connectivity index (χ0v) is 13.1. The van der Waals surface area contributed by atoms with Crippen LogP contribution in [0.4, 0.5) is 0 Å². The molecule has 2 aromatic carbocycles. The number of ether oxygens (including phenoxy) is 1. The number of hydrogen-bond donors (Lipinski definition) is 1. The first-order valence-electron chi connectivity index (χ1n) is 6.00. The zero-order chi connectivity index (χ0) is 13.8. The molecule has 19 heavy (non-hydrogen) atoms. The fraction of sp³-hybridized carbons (Fsp3) is 0.200. The van der Waals surface area contributed by atoms with E-state index in [1.54, 1.807) is 6.07 Å². The largest absolute Gasteiger partial charge is 0.456 e. The summed E-state index contributed by atoms with van der Waals surface area (Å²) in [7, 11) is 1.94. The predicted octanol–water partition coefficient (Wildman–Crippen LogP) is 5.18. The summed E-state index contributed by atoms with van der Waals surface area (Å²) >= 11 is 9.33. The third-order valence-electron chi connectivity index (χ3n) is 2.93. The third-order valence-corrected chi connectivity index (χ3v) is 3.79. The highest BCUT2D eigenvalue weighted by atomic mass is 79.9. The molecular formula is C15H15BrClNO. The number of halogens is 2. The second-order valence-corrected chi connectivity index (χ2v) is 5.55.